The lowest BCUT2D eigenvalue weighted by atomic mass is 10.2. The summed E-state index contributed by atoms with van der Waals surface area (Å²) in [7, 11) is 1.56. The van der Waals surface area contributed by atoms with Crippen molar-refractivity contribution in [1.29, 1.82) is 0 Å². The van der Waals surface area contributed by atoms with Crippen LogP contribution in [-0.2, 0) is 11.3 Å². The van der Waals surface area contributed by atoms with Crippen LogP contribution in [0.5, 0.6) is 5.75 Å². The lowest BCUT2D eigenvalue weighted by Crippen LogP contribution is -2.15. The smallest absolute Gasteiger partial charge is 0.234 e. The van der Waals surface area contributed by atoms with Crippen molar-refractivity contribution in [2.75, 3.05) is 18.2 Å². The Kier molecular flexibility index (Phi) is 6.90. The number of hydrogen-bond acceptors (Lipinski definition) is 5. The Bertz CT molecular complexity index is 1040. The molecule has 1 amide bonds. The number of amides is 1. The lowest BCUT2D eigenvalue weighted by Gasteiger charge is -2.11. The van der Waals surface area contributed by atoms with Crippen molar-refractivity contribution >= 4 is 35.0 Å². The number of anilines is 1. The minimum absolute atomic E-state index is 0.0380. The third-order valence-corrected chi connectivity index (χ3v) is 5.11. The SMILES string of the molecule is C=CCn1c(SCC(=O)Nc2ccccc2F)nnc1-c1cc(Cl)ccc1OC. The molecule has 1 heterocycles. The average Bonchev–Trinajstić information content (AvgIpc) is 3.11. The topological polar surface area (TPSA) is 69.0 Å². The molecule has 0 spiro atoms. The average molecular weight is 433 g/mol. The third kappa shape index (κ3) is 4.96. The number of carbonyl (C=O) groups is 1. The molecule has 9 heteroatoms. The van der Waals surface area contributed by atoms with Gasteiger partial charge in [-0.05, 0) is 30.3 Å². The van der Waals surface area contributed by atoms with Crippen molar-refractivity contribution < 1.29 is 13.9 Å². The molecule has 0 atom stereocenters. The van der Waals surface area contributed by atoms with Crippen molar-refractivity contribution in [3.8, 4) is 17.1 Å². The molecule has 0 bridgehead atoms. The van der Waals surface area contributed by atoms with Gasteiger partial charge < -0.3 is 10.1 Å². The van der Waals surface area contributed by atoms with Crippen LogP contribution < -0.4 is 10.1 Å². The van der Waals surface area contributed by atoms with Gasteiger partial charge in [0.05, 0.1) is 24.1 Å². The summed E-state index contributed by atoms with van der Waals surface area (Å²) in [6.45, 7) is 4.19. The highest BCUT2D eigenvalue weighted by molar-refractivity contribution is 7.99. The first-order chi connectivity index (χ1) is 14.0. The van der Waals surface area contributed by atoms with E-state index >= 15 is 0 Å². The number of nitrogens with one attached hydrogen (secondary N) is 1. The summed E-state index contributed by atoms with van der Waals surface area (Å²) in [5.74, 6) is 0.337. The summed E-state index contributed by atoms with van der Waals surface area (Å²) in [5, 5.41) is 12.0. The first-order valence-electron chi connectivity index (χ1n) is 8.58. The fourth-order valence-corrected chi connectivity index (χ4v) is 3.54. The van der Waals surface area contributed by atoms with Crippen LogP contribution in [0.25, 0.3) is 11.4 Å². The van der Waals surface area contributed by atoms with Gasteiger partial charge in [-0.3, -0.25) is 9.36 Å². The Morgan fingerprint density at radius 2 is 2.14 bits per heavy atom. The molecule has 1 N–H and O–H groups in total. The molecule has 3 aromatic rings. The Hall–Kier alpha value is -2.84. The highest BCUT2D eigenvalue weighted by Crippen LogP contribution is 2.33. The van der Waals surface area contributed by atoms with Gasteiger partial charge in [0, 0.05) is 11.6 Å². The van der Waals surface area contributed by atoms with E-state index in [4.69, 9.17) is 16.3 Å². The minimum Gasteiger partial charge on any atom is -0.496 e. The van der Waals surface area contributed by atoms with E-state index in [1.54, 1.807) is 43.5 Å². The van der Waals surface area contributed by atoms with Crippen molar-refractivity contribution in [1.82, 2.24) is 14.8 Å². The molecular formula is C20H18ClFN4O2S. The maximum atomic E-state index is 13.7. The molecule has 0 fully saturated rings. The predicted molar refractivity (Wildman–Crippen MR) is 113 cm³/mol. The van der Waals surface area contributed by atoms with Crippen LogP contribution in [0.15, 0.2) is 60.3 Å². The van der Waals surface area contributed by atoms with E-state index in [1.807, 2.05) is 4.57 Å². The molecule has 1 aromatic heterocycles. The van der Waals surface area contributed by atoms with Crippen LogP contribution in [0.4, 0.5) is 10.1 Å². The Labute approximate surface area is 176 Å². The highest BCUT2D eigenvalue weighted by Gasteiger charge is 2.18. The number of hydrogen-bond donors (Lipinski definition) is 1. The predicted octanol–water partition coefficient (Wildman–Crippen LogP) is 4.66. The molecule has 0 radical (unpaired) electrons. The molecule has 29 heavy (non-hydrogen) atoms. The van der Waals surface area contributed by atoms with Gasteiger partial charge in [-0.15, -0.1) is 16.8 Å². The summed E-state index contributed by atoms with van der Waals surface area (Å²) >= 11 is 7.32. The number of carbonyl (C=O) groups excluding carboxylic acids is 1. The molecule has 0 saturated carbocycles. The number of benzene rings is 2. The van der Waals surface area contributed by atoms with Crippen LogP contribution in [0.3, 0.4) is 0 Å². The van der Waals surface area contributed by atoms with Gasteiger partial charge in [0.1, 0.15) is 11.6 Å². The van der Waals surface area contributed by atoms with E-state index in [2.05, 4.69) is 22.1 Å². The lowest BCUT2D eigenvalue weighted by molar-refractivity contribution is -0.113. The second kappa shape index (κ2) is 9.58. The molecule has 6 nitrogen and oxygen atoms in total. The van der Waals surface area contributed by atoms with Crippen molar-refractivity contribution in [2.45, 2.75) is 11.7 Å². The second-order valence-corrected chi connectivity index (χ2v) is 7.25. The fourth-order valence-electron chi connectivity index (χ4n) is 2.62. The van der Waals surface area contributed by atoms with Gasteiger partial charge in [-0.2, -0.15) is 0 Å². The molecule has 0 aliphatic rings. The normalized spacial score (nSPS) is 10.6. The Balaban J connectivity index is 1.80. The maximum absolute atomic E-state index is 13.7. The molecule has 0 aliphatic carbocycles. The second-order valence-electron chi connectivity index (χ2n) is 5.87. The highest BCUT2D eigenvalue weighted by atomic mass is 35.5. The molecule has 3 rings (SSSR count). The first kappa shape index (κ1) is 20.9. The quantitative estimate of drug-likeness (QED) is 0.414. The maximum Gasteiger partial charge on any atom is 0.234 e. The van der Waals surface area contributed by atoms with E-state index in [9.17, 15) is 9.18 Å². The number of para-hydroxylation sites is 1. The number of nitrogens with zero attached hydrogens (tertiary/aromatic N) is 3. The van der Waals surface area contributed by atoms with Crippen molar-refractivity contribution in [2.24, 2.45) is 0 Å². The number of rotatable bonds is 8. The van der Waals surface area contributed by atoms with Gasteiger partial charge in [-0.25, -0.2) is 4.39 Å². The summed E-state index contributed by atoms with van der Waals surface area (Å²) < 4.78 is 20.9. The monoisotopic (exact) mass is 432 g/mol. The van der Waals surface area contributed by atoms with E-state index in [0.717, 1.165) is 0 Å². The molecule has 0 saturated heterocycles. The van der Waals surface area contributed by atoms with Crippen LogP contribution >= 0.6 is 23.4 Å². The third-order valence-electron chi connectivity index (χ3n) is 3.91. The molecular weight excluding hydrogens is 415 g/mol. The number of methoxy groups -OCH3 is 1. The zero-order chi connectivity index (χ0) is 20.8. The van der Waals surface area contributed by atoms with Gasteiger partial charge in [0.25, 0.3) is 0 Å². The fraction of sp³-hybridized carbons (Fsp3) is 0.150. The number of ether oxygens (including phenoxy) is 1. The van der Waals surface area contributed by atoms with Crippen LogP contribution in [0.2, 0.25) is 5.02 Å². The Morgan fingerprint density at radius 1 is 1.34 bits per heavy atom. The van der Waals surface area contributed by atoms with Crippen molar-refractivity contribution in [3.05, 3.63) is 66.0 Å². The number of thioether (sulfide) groups is 1. The van der Waals surface area contributed by atoms with E-state index < -0.39 is 5.82 Å². The first-order valence-corrected chi connectivity index (χ1v) is 9.95. The van der Waals surface area contributed by atoms with Crippen LogP contribution in [0, 0.1) is 5.82 Å². The molecule has 0 aliphatic heterocycles. The largest absolute Gasteiger partial charge is 0.496 e. The zero-order valence-electron chi connectivity index (χ0n) is 15.6. The number of halogens is 2. The van der Waals surface area contributed by atoms with Crippen LogP contribution in [0.1, 0.15) is 0 Å². The summed E-state index contributed by atoms with van der Waals surface area (Å²) in [6.07, 6.45) is 1.70. The van der Waals surface area contributed by atoms with Crippen molar-refractivity contribution in [3.63, 3.8) is 0 Å². The number of aromatic nitrogens is 3. The van der Waals surface area contributed by atoms with Crippen LogP contribution in [-0.4, -0.2) is 33.5 Å². The van der Waals surface area contributed by atoms with E-state index in [1.165, 1.54) is 23.9 Å². The van der Waals surface area contributed by atoms with Gasteiger partial charge in [0.15, 0.2) is 11.0 Å². The minimum atomic E-state index is -0.490. The van der Waals surface area contributed by atoms with Gasteiger partial charge in [-0.1, -0.05) is 41.6 Å². The standard InChI is InChI=1S/C20H18ClFN4O2S/c1-3-10-26-19(14-11-13(21)8-9-17(14)28-2)24-25-20(26)29-12-18(27)23-16-7-5-4-6-15(16)22/h3-9,11H,1,10,12H2,2H3,(H,23,27). The molecule has 150 valence electrons. The molecule has 0 unspecified atom stereocenters. The van der Waals surface area contributed by atoms with Gasteiger partial charge >= 0.3 is 0 Å². The van der Waals surface area contributed by atoms with Gasteiger partial charge in [0.2, 0.25) is 5.91 Å². The summed E-state index contributed by atoms with van der Waals surface area (Å²) in [6, 6.07) is 11.2. The zero-order valence-corrected chi connectivity index (χ0v) is 17.1. The van der Waals surface area contributed by atoms with E-state index in [-0.39, 0.29) is 17.3 Å². The number of allylic oxidation sites excluding steroid dienone is 1. The summed E-state index contributed by atoms with van der Waals surface area (Å²) in [4.78, 5) is 12.2. The Morgan fingerprint density at radius 3 is 2.86 bits per heavy atom. The van der Waals surface area contributed by atoms with E-state index in [0.29, 0.717) is 33.9 Å². The molecule has 2 aromatic carbocycles. The summed E-state index contributed by atoms with van der Waals surface area (Å²) in [5.41, 5.74) is 0.812.